The number of carbonyl (C=O) groups excluding carboxylic acids is 3. The van der Waals surface area contributed by atoms with Gasteiger partial charge in [0.05, 0.1) is 0 Å². The van der Waals surface area contributed by atoms with Gasteiger partial charge in [0, 0.05) is 49.3 Å². The third-order valence-corrected chi connectivity index (χ3v) is 12.6. The van der Waals surface area contributed by atoms with E-state index in [0.29, 0.717) is 42.2 Å². The second-order valence-corrected chi connectivity index (χ2v) is 16.0. The van der Waals surface area contributed by atoms with Crippen molar-refractivity contribution in [3.8, 4) is 11.5 Å². The van der Waals surface area contributed by atoms with Crippen molar-refractivity contribution in [3.05, 3.63) is 124 Å². The second kappa shape index (κ2) is 14.6. The Labute approximate surface area is 316 Å². The van der Waals surface area contributed by atoms with Crippen LogP contribution in [0, 0.1) is 5.92 Å². The minimum absolute atomic E-state index is 0.144. The number of hydrogen-bond donors (Lipinski definition) is 3. The van der Waals surface area contributed by atoms with E-state index in [1.54, 1.807) is 11.0 Å². The number of rotatable bonds is 9. The number of piperidine rings is 2. The summed E-state index contributed by atoms with van der Waals surface area (Å²) >= 11 is 0. The molecule has 0 aromatic heterocycles. The van der Waals surface area contributed by atoms with E-state index in [9.17, 15) is 19.5 Å². The first-order valence-electron chi connectivity index (χ1n) is 19.8. The van der Waals surface area contributed by atoms with Crippen molar-refractivity contribution in [1.29, 1.82) is 0 Å². The molecule has 2 saturated heterocycles. The maximum Gasteiger partial charge on any atom is 0.255 e. The van der Waals surface area contributed by atoms with E-state index in [-0.39, 0.29) is 30.3 Å². The summed E-state index contributed by atoms with van der Waals surface area (Å²) in [6.45, 7) is 3.50. The van der Waals surface area contributed by atoms with Gasteiger partial charge in [0.15, 0.2) is 0 Å². The first-order chi connectivity index (χ1) is 26.4. The van der Waals surface area contributed by atoms with Crippen LogP contribution in [0.2, 0.25) is 0 Å². The number of aryl methyl sites for hydroxylation is 1. The quantitative estimate of drug-likeness (QED) is 0.171. The maximum atomic E-state index is 13.0. The lowest BCUT2D eigenvalue weighted by Gasteiger charge is -2.39. The maximum absolute atomic E-state index is 13.0. The van der Waals surface area contributed by atoms with Gasteiger partial charge < -0.3 is 25.0 Å². The molecule has 4 aromatic rings. The van der Waals surface area contributed by atoms with Crippen LogP contribution in [0.3, 0.4) is 0 Å². The Kier molecular flexibility index (Phi) is 9.35. The van der Waals surface area contributed by atoms with Crippen molar-refractivity contribution >= 4 is 23.4 Å². The summed E-state index contributed by atoms with van der Waals surface area (Å²) < 4.78 is 6.30. The van der Waals surface area contributed by atoms with Gasteiger partial charge in [0.1, 0.15) is 23.6 Å². The van der Waals surface area contributed by atoms with Crippen molar-refractivity contribution in [2.45, 2.75) is 87.9 Å². The van der Waals surface area contributed by atoms with Crippen molar-refractivity contribution in [2.75, 3.05) is 24.5 Å². The molecule has 3 atom stereocenters. The zero-order chi connectivity index (χ0) is 36.8. The van der Waals surface area contributed by atoms with Gasteiger partial charge in [-0.1, -0.05) is 48.5 Å². The summed E-state index contributed by atoms with van der Waals surface area (Å²) in [6, 6.07) is 31.5. The van der Waals surface area contributed by atoms with Crippen LogP contribution in [-0.2, 0) is 22.6 Å². The van der Waals surface area contributed by atoms with Crippen LogP contribution in [-0.4, -0.2) is 65.5 Å². The number of phenols is 1. The van der Waals surface area contributed by atoms with E-state index in [1.165, 1.54) is 40.8 Å². The lowest BCUT2D eigenvalue weighted by Crippen LogP contribution is -2.52. The molecule has 278 valence electrons. The highest BCUT2D eigenvalue weighted by Crippen LogP contribution is 2.47. The molecule has 3 heterocycles. The number of nitrogens with zero attached hydrogens (tertiary/aromatic N) is 2. The highest BCUT2D eigenvalue weighted by molar-refractivity contribution is 6.05. The Balaban J connectivity index is 0.742. The lowest BCUT2D eigenvalue weighted by molar-refractivity contribution is -0.136. The number of ether oxygens (including phenoxy) is 1. The highest BCUT2D eigenvalue weighted by atomic mass is 16.5. The van der Waals surface area contributed by atoms with Crippen LogP contribution in [0.5, 0.6) is 11.5 Å². The monoisotopic (exact) mass is 724 g/mol. The standard InChI is InChI=1S/C45H48N4O5/c50-35-11-14-39-31(22-35)8-13-38(29-4-2-1-3-5-29)43(39)30-6-9-34(10-7-30)48-20-18-28(19-21-48)26-46-33-24-37(25-33)54-36-12-15-40-32(23-36)27-49(45(40)53)41-16-17-42(51)47-44(41)52/h1-7,9-12,14-15,22-23,28,33,37-38,41,43,46,50H,8,13,16-21,24-27H2,(H,47,51,52)/t33-,37-,38-,41?,43+/m1/s1. The van der Waals surface area contributed by atoms with Crippen molar-refractivity contribution in [1.82, 2.24) is 15.5 Å². The normalized spacial score (nSPS) is 25.5. The molecule has 5 aliphatic rings. The van der Waals surface area contributed by atoms with Crippen LogP contribution in [0.15, 0.2) is 91.0 Å². The molecule has 1 saturated carbocycles. The van der Waals surface area contributed by atoms with E-state index in [4.69, 9.17) is 4.74 Å². The fourth-order valence-electron chi connectivity index (χ4n) is 9.54. The number of amides is 3. The molecule has 0 spiro atoms. The van der Waals surface area contributed by atoms with E-state index in [0.717, 1.165) is 56.6 Å². The predicted molar refractivity (Wildman–Crippen MR) is 207 cm³/mol. The van der Waals surface area contributed by atoms with E-state index in [2.05, 4.69) is 76.2 Å². The number of anilines is 1. The largest absolute Gasteiger partial charge is 0.508 e. The molecule has 3 aliphatic heterocycles. The first-order valence-corrected chi connectivity index (χ1v) is 19.8. The van der Waals surface area contributed by atoms with Gasteiger partial charge in [0.25, 0.3) is 5.91 Å². The molecule has 0 bridgehead atoms. The number of hydrogen-bond acceptors (Lipinski definition) is 7. The van der Waals surface area contributed by atoms with Gasteiger partial charge in [-0.3, -0.25) is 19.7 Å². The van der Waals surface area contributed by atoms with Gasteiger partial charge in [-0.05, 0) is 134 Å². The fourth-order valence-corrected chi connectivity index (χ4v) is 9.54. The molecule has 0 radical (unpaired) electrons. The molecule has 4 aromatic carbocycles. The number of benzene rings is 4. The zero-order valence-electron chi connectivity index (χ0n) is 30.6. The molecule has 3 N–H and O–H groups in total. The molecule has 3 fully saturated rings. The lowest BCUT2D eigenvalue weighted by atomic mass is 9.69. The molecule has 9 nitrogen and oxygen atoms in total. The van der Waals surface area contributed by atoms with E-state index >= 15 is 0 Å². The second-order valence-electron chi connectivity index (χ2n) is 16.0. The minimum atomic E-state index is -0.610. The van der Waals surface area contributed by atoms with Crippen molar-refractivity contribution in [3.63, 3.8) is 0 Å². The van der Waals surface area contributed by atoms with Gasteiger partial charge in [0.2, 0.25) is 11.8 Å². The summed E-state index contributed by atoms with van der Waals surface area (Å²) in [5.41, 5.74) is 8.08. The summed E-state index contributed by atoms with van der Waals surface area (Å²) in [5.74, 6) is 1.59. The molecule has 3 amide bonds. The Morgan fingerprint density at radius 1 is 0.796 bits per heavy atom. The van der Waals surface area contributed by atoms with Gasteiger partial charge in [-0.2, -0.15) is 0 Å². The molecular formula is C45H48N4O5. The van der Waals surface area contributed by atoms with E-state index in [1.807, 2.05) is 24.3 Å². The highest BCUT2D eigenvalue weighted by Gasteiger charge is 2.40. The summed E-state index contributed by atoms with van der Waals surface area (Å²) in [7, 11) is 0. The van der Waals surface area contributed by atoms with Crippen LogP contribution in [0.1, 0.15) is 95.0 Å². The SMILES string of the molecule is O=C1CCC(N2Cc3cc(O[C@H]4C[C@H](NCC5CCN(c6ccc([C@@H]7c8ccc(O)cc8CC[C@@H]7c7ccccc7)cc6)CC5)C4)ccc3C2=O)C(=O)N1. The predicted octanol–water partition coefficient (Wildman–Crippen LogP) is 6.43. The average molecular weight is 725 g/mol. The number of fused-ring (bicyclic) bond motifs is 2. The Morgan fingerprint density at radius 2 is 1.59 bits per heavy atom. The molecular weight excluding hydrogens is 677 g/mol. The number of phenolic OH excluding ortho intramolecular Hbond substituents is 1. The zero-order valence-corrected chi connectivity index (χ0v) is 30.6. The summed E-state index contributed by atoms with van der Waals surface area (Å²) in [6.07, 6.45) is 7.05. The van der Waals surface area contributed by atoms with Crippen molar-refractivity contribution < 1.29 is 24.2 Å². The van der Waals surface area contributed by atoms with Gasteiger partial charge in [-0.25, -0.2) is 0 Å². The number of nitrogens with one attached hydrogen (secondary N) is 2. The smallest absolute Gasteiger partial charge is 0.255 e. The third-order valence-electron chi connectivity index (χ3n) is 12.6. The Hall–Kier alpha value is -5.15. The summed E-state index contributed by atoms with van der Waals surface area (Å²) in [4.78, 5) is 41.1. The van der Waals surface area contributed by atoms with Crippen LogP contribution >= 0.6 is 0 Å². The average Bonchev–Trinajstić information content (AvgIpc) is 3.50. The molecule has 9 heteroatoms. The summed E-state index contributed by atoms with van der Waals surface area (Å²) in [5, 5.41) is 16.4. The number of carbonyl (C=O) groups is 3. The topological polar surface area (TPSA) is 111 Å². The van der Waals surface area contributed by atoms with Crippen LogP contribution < -0.4 is 20.3 Å². The van der Waals surface area contributed by atoms with Gasteiger partial charge >= 0.3 is 0 Å². The first kappa shape index (κ1) is 34.6. The van der Waals surface area contributed by atoms with E-state index < -0.39 is 11.9 Å². The molecule has 1 unspecified atom stereocenters. The van der Waals surface area contributed by atoms with Crippen molar-refractivity contribution in [2.24, 2.45) is 5.92 Å². The molecule has 9 rings (SSSR count). The number of aromatic hydroxyl groups is 1. The fraction of sp³-hybridized carbons (Fsp3) is 0.400. The van der Waals surface area contributed by atoms with Gasteiger partial charge in [-0.15, -0.1) is 0 Å². The molecule has 2 aliphatic carbocycles. The third kappa shape index (κ3) is 6.86. The minimum Gasteiger partial charge on any atom is -0.508 e. The number of imide groups is 1. The Morgan fingerprint density at radius 3 is 2.37 bits per heavy atom. The van der Waals surface area contributed by atoms with Crippen LogP contribution in [0.4, 0.5) is 5.69 Å². The van der Waals surface area contributed by atoms with Crippen LogP contribution in [0.25, 0.3) is 0 Å². The molecule has 54 heavy (non-hydrogen) atoms. The Bertz CT molecular complexity index is 2040.